The number of fused-ring (bicyclic) bond motifs is 2. The van der Waals surface area contributed by atoms with Gasteiger partial charge < -0.3 is 14.9 Å². The number of rotatable bonds is 4. The number of hydrogen-bond acceptors (Lipinski definition) is 3. The van der Waals surface area contributed by atoms with Crippen LogP contribution in [0.25, 0.3) is 0 Å². The van der Waals surface area contributed by atoms with E-state index in [4.69, 9.17) is 9.84 Å². The molecule has 0 aromatic heterocycles. The minimum absolute atomic E-state index is 0.00501. The molecule has 2 aliphatic rings. The lowest BCUT2D eigenvalue weighted by molar-refractivity contribution is -0.144. The normalized spacial score (nSPS) is 31.4. The van der Waals surface area contributed by atoms with Crippen LogP contribution in [0.3, 0.4) is 0 Å². The molecule has 0 aliphatic carbocycles. The average Bonchev–Trinajstić information content (AvgIpc) is 2.99. The first kappa shape index (κ1) is 13.1. The Labute approximate surface area is 116 Å². The summed E-state index contributed by atoms with van der Waals surface area (Å²) in [7, 11) is 0. The smallest absolute Gasteiger partial charge is 0.335 e. The summed E-state index contributed by atoms with van der Waals surface area (Å²) in [6, 6.07) is 6.70. The fourth-order valence-corrected chi connectivity index (χ4v) is 3.48. The van der Waals surface area contributed by atoms with Gasteiger partial charge in [0.1, 0.15) is 0 Å². The largest absolute Gasteiger partial charge is 0.481 e. The van der Waals surface area contributed by atoms with Crippen LogP contribution in [0.15, 0.2) is 24.3 Å². The van der Waals surface area contributed by atoms with Crippen molar-refractivity contribution in [1.29, 1.82) is 0 Å². The number of hydrogen-bond donors (Lipinski definition) is 2. The van der Waals surface area contributed by atoms with E-state index in [1.165, 1.54) is 6.07 Å². The molecule has 2 N–H and O–H groups in total. The van der Waals surface area contributed by atoms with Crippen molar-refractivity contribution in [1.82, 2.24) is 0 Å². The fraction of sp³-hybridized carbons (Fsp3) is 0.467. The Bertz CT molecular complexity index is 553. The second-order valence-corrected chi connectivity index (χ2v) is 5.53. The molecule has 20 heavy (non-hydrogen) atoms. The van der Waals surface area contributed by atoms with Gasteiger partial charge in [-0.15, -0.1) is 0 Å². The van der Waals surface area contributed by atoms with Crippen molar-refractivity contribution >= 4 is 11.9 Å². The van der Waals surface area contributed by atoms with Crippen LogP contribution >= 0.6 is 0 Å². The minimum atomic E-state index is -0.967. The van der Waals surface area contributed by atoms with Crippen molar-refractivity contribution in [3.05, 3.63) is 35.4 Å². The molecule has 2 bridgehead atoms. The van der Waals surface area contributed by atoms with Crippen molar-refractivity contribution in [2.24, 2.45) is 11.8 Å². The number of benzene rings is 1. The standard InChI is InChI=1S/C15H16O5/c16-14(17)9-3-1-2-8(6-9)7-10-11-4-5-12(20-11)13(10)15(18)19/h1-3,6,10-13H,4-5,7H2,(H,16,17)(H,18,19)/t10-,11-,12+,13-/m1/s1. The topological polar surface area (TPSA) is 83.8 Å². The summed E-state index contributed by atoms with van der Waals surface area (Å²) < 4.78 is 5.71. The molecule has 0 unspecified atom stereocenters. The van der Waals surface area contributed by atoms with Gasteiger partial charge in [-0.05, 0) is 37.0 Å². The predicted molar refractivity (Wildman–Crippen MR) is 69.6 cm³/mol. The number of carboxylic acids is 2. The second-order valence-electron chi connectivity index (χ2n) is 5.53. The molecule has 0 saturated carbocycles. The van der Waals surface area contributed by atoms with Crippen LogP contribution in [0.1, 0.15) is 28.8 Å². The third-order valence-corrected chi connectivity index (χ3v) is 4.36. The molecule has 3 rings (SSSR count). The third-order valence-electron chi connectivity index (χ3n) is 4.36. The van der Waals surface area contributed by atoms with Crippen molar-refractivity contribution in [3.63, 3.8) is 0 Å². The van der Waals surface area contributed by atoms with Crippen LogP contribution in [0.2, 0.25) is 0 Å². The van der Waals surface area contributed by atoms with Gasteiger partial charge in [-0.1, -0.05) is 12.1 Å². The molecule has 5 heteroatoms. The van der Waals surface area contributed by atoms with E-state index in [0.29, 0.717) is 6.42 Å². The molecule has 2 fully saturated rings. The number of carboxylic acid groups (broad SMARTS) is 2. The van der Waals surface area contributed by atoms with Gasteiger partial charge >= 0.3 is 11.9 Å². The van der Waals surface area contributed by atoms with E-state index in [2.05, 4.69) is 0 Å². The highest BCUT2D eigenvalue weighted by Crippen LogP contribution is 2.45. The zero-order valence-corrected chi connectivity index (χ0v) is 10.9. The highest BCUT2D eigenvalue weighted by molar-refractivity contribution is 5.87. The maximum absolute atomic E-state index is 11.4. The van der Waals surface area contributed by atoms with Gasteiger partial charge in [-0.25, -0.2) is 4.79 Å². The van der Waals surface area contributed by atoms with Crippen molar-refractivity contribution in [3.8, 4) is 0 Å². The lowest BCUT2D eigenvalue weighted by Gasteiger charge is -2.24. The second kappa shape index (κ2) is 4.90. The first-order chi connectivity index (χ1) is 9.56. The van der Waals surface area contributed by atoms with Crippen LogP contribution in [-0.4, -0.2) is 34.4 Å². The van der Waals surface area contributed by atoms with Gasteiger partial charge in [0.2, 0.25) is 0 Å². The van der Waals surface area contributed by atoms with Crippen molar-refractivity contribution < 1.29 is 24.5 Å². The van der Waals surface area contributed by atoms with E-state index in [9.17, 15) is 14.7 Å². The quantitative estimate of drug-likeness (QED) is 0.876. The Kier molecular flexibility index (Phi) is 3.22. The van der Waals surface area contributed by atoms with Gasteiger partial charge in [-0.2, -0.15) is 0 Å². The van der Waals surface area contributed by atoms with Crippen LogP contribution in [0.5, 0.6) is 0 Å². The molecule has 106 valence electrons. The van der Waals surface area contributed by atoms with Crippen LogP contribution in [0.4, 0.5) is 0 Å². The Hall–Kier alpha value is -1.88. The van der Waals surface area contributed by atoms with E-state index in [-0.39, 0.29) is 23.7 Å². The summed E-state index contributed by atoms with van der Waals surface area (Å²) >= 11 is 0. The molecule has 0 radical (unpaired) electrons. The van der Waals surface area contributed by atoms with Crippen LogP contribution in [-0.2, 0) is 16.0 Å². The van der Waals surface area contributed by atoms with Crippen LogP contribution in [0, 0.1) is 11.8 Å². The van der Waals surface area contributed by atoms with Crippen molar-refractivity contribution in [2.45, 2.75) is 31.5 Å². The van der Waals surface area contributed by atoms with Gasteiger partial charge in [-0.3, -0.25) is 4.79 Å². The van der Waals surface area contributed by atoms with Crippen LogP contribution < -0.4 is 0 Å². The molecule has 1 aromatic rings. The maximum atomic E-state index is 11.4. The number of aliphatic carboxylic acids is 1. The highest BCUT2D eigenvalue weighted by Gasteiger charge is 2.52. The minimum Gasteiger partial charge on any atom is -0.481 e. The van der Waals surface area contributed by atoms with E-state index >= 15 is 0 Å². The summed E-state index contributed by atoms with van der Waals surface area (Å²) in [6.45, 7) is 0. The Morgan fingerprint density at radius 2 is 1.95 bits per heavy atom. The van der Waals surface area contributed by atoms with Gasteiger partial charge in [0.25, 0.3) is 0 Å². The molecule has 2 aliphatic heterocycles. The van der Waals surface area contributed by atoms with Crippen molar-refractivity contribution in [2.75, 3.05) is 0 Å². The summed E-state index contributed by atoms with van der Waals surface area (Å²) in [4.78, 5) is 22.4. The Morgan fingerprint density at radius 3 is 2.65 bits per heavy atom. The van der Waals surface area contributed by atoms with E-state index in [0.717, 1.165) is 18.4 Å². The number of aromatic carboxylic acids is 1. The Balaban J connectivity index is 1.81. The van der Waals surface area contributed by atoms with Gasteiger partial charge in [0.15, 0.2) is 0 Å². The predicted octanol–water partition coefficient (Wildman–Crippen LogP) is 1.81. The molecular weight excluding hydrogens is 260 g/mol. The first-order valence-electron chi connectivity index (χ1n) is 6.77. The molecular formula is C15H16O5. The first-order valence-corrected chi connectivity index (χ1v) is 6.77. The molecule has 5 nitrogen and oxygen atoms in total. The number of ether oxygens (including phenoxy) is 1. The molecule has 1 aromatic carbocycles. The molecule has 0 amide bonds. The average molecular weight is 276 g/mol. The fourth-order valence-electron chi connectivity index (χ4n) is 3.48. The monoisotopic (exact) mass is 276 g/mol. The summed E-state index contributed by atoms with van der Waals surface area (Å²) in [6.07, 6.45) is 2.09. The lowest BCUT2D eigenvalue weighted by Crippen LogP contribution is -2.34. The molecule has 2 saturated heterocycles. The number of carbonyl (C=O) groups is 2. The summed E-state index contributed by atoms with van der Waals surface area (Å²) in [5, 5.41) is 18.3. The van der Waals surface area contributed by atoms with Gasteiger partial charge in [0.05, 0.1) is 23.7 Å². The summed E-state index contributed by atoms with van der Waals surface area (Å²) in [5.41, 5.74) is 1.09. The van der Waals surface area contributed by atoms with E-state index in [1.807, 2.05) is 6.07 Å². The zero-order chi connectivity index (χ0) is 14.3. The Morgan fingerprint density at radius 1 is 1.20 bits per heavy atom. The maximum Gasteiger partial charge on any atom is 0.335 e. The molecule has 0 spiro atoms. The summed E-state index contributed by atoms with van der Waals surface area (Å²) in [5.74, 6) is -2.31. The SMILES string of the molecule is O=C(O)c1cccc(C[C@H]2[C@@H](C(=O)O)[C@@H]3CC[C@H]2O3)c1. The van der Waals surface area contributed by atoms with E-state index in [1.54, 1.807) is 12.1 Å². The molecule has 4 atom stereocenters. The van der Waals surface area contributed by atoms with E-state index < -0.39 is 17.9 Å². The third kappa shape index (κ3) is 2.18. The molecule has 2 heterocycles. The van der Waals surface area contributed by atoms with Gasteiger partial charge in [0, 0.05) is 5.92 Å². The lowest BCUT2D eigenvalue weighted by atomic mass is 9.76. The zero-order valence-electron chi connectivity index (χ0n) is 10.9. The highest BCUT2D eigenvalue weighted by atomic mass is 16.5.